The second kappa shape index (κ2) is 4.03. The first-order valence-corrected chi connectivity index (χ1v) is 3.61. The fraction of sp³-hybridized carbons (Fsp3) is 0.556. The average molecular weight is 166 g/mol. The minimum absolute atomic E-state index is 0.305. The van der Waals surface area contributed by atoms with E-state index in [1.807, 2.05) is 32.8 Å². The molecule has 0 saturated carbocycles. The number of hydrogen-bond donors (Lipinski definition) is 0. The lowest BCUT2D eigenvalue weighted by Crippen LogP contribution is -2.36. The van der Waals surface area contributed by atoms with Crippen molar-refractivity contribution in [2.45, 2.75) is 19.4 Å². The molecule has 0 aliphatic rings. The Morgan fingerprint density at radius 3 is 2.33 bits per heavy atom. The summed E-state index contributed by atoms with van der Waals surface area (Å²) in [4.78, 5) is 15.8. The van der Waals surface area contributed by atoms with Gasteiger partial charge in [-0.1, -0.05) is 5.92 Å². The molecule has 0 atom stereocenters. The van der Waals surface area contributed by atoms with E-state index in [9.17, 15) is 4.79 Å². The van der Waals surface area contributed by atoms with E-state index in [1.54, 1.807) is 0 Å². The predicted molar refractivity (Wildman–Crippen MR) is 50.1 cm³/mol. The summed E-state index contributed by atoms with van der Waals surface area (Å²) in [6, 6.07) is 0. The van der Waals surface area contributed by atoms with E-state index in [0.717, 1.165) is 0 Å². The van der Waals surface area contributed by atoms with Crippen molar-refractivity contribution in [3.8, 4) is 11.8 Å². The fourth-order valence-corrected chi connectivity index (χ4v) is 0.358. The molecule has 66 valence electrons. The number of rotatable bonds is 1. The van der Waals surface area contributed by atoms with Crippen LogP contribution in [-0.4, -0.2) is 37.2 Å². The Morgan fingerprint density at radius 2 is 2.00 bits per heavy atom. The molecule has 0 rings (SSSR count). The van der Waals surface area contributed by atoms with Gasteiger partial charge >= 0.3 is 5.91 Å². The minimum atomic E-state index is -0.482. The predicted octanol–water partition coefficient (Wildman–Crippen LogP) is 0.557. The van der Waals surface area contributed by atoms with E-state index in [2.05, 4.69) is 23.6 Å². The van der Waals surface area contributed by atoms with E-state index < -0.39 is 5.91 Å². The Kier molecular flexibility index (Phi) is 3.65. The molecule has 0 aromatic heterocycles. The van der Waals surface area contributed by atoms with Crippen molar-refractivity contribution >= 4 is 12.6 Å². The molecule has 3 heteroatoms. The highest BCUT2D eigenvalue weighted by Gasteiger charge is 2.16. The van der Waals surface area contributed by atoms with Gasteiger partial charge in [0.2, 0.25) is 0 Å². The SMILES string of the molecule is C=NC(=O)C#CC(C)(C)N(C)C. The fourth-order valence-electron chi connectivity index (χ4n) is 0.358. The highest BCUT2D eigenvalue weighted by atomic mass is 16.1. The molecule has 0 saturated heterocycles. The molecular formula is C9H14N2O. The second-order valence-corrected chi connectivity index (χ2v) is 3.17. The largest absolute Gasteiger partial charge is 0.321 e. The highest BCUT2D eigenvalue weighted by molar-refractivity contribution is 5.96. The van der Waals surface area contributed by atoms with Crippen molar-refractivity contribution < 1.29 is 4.79 Å². The van der Waals surface area contributed by atoms with Crippen LogP contribution in [0.15, 0.2) is 4.99 Å². The minimum Gasteiger partial charge on any atom is -0.294 e. The molecule has 0 N–H and O–H groups in total. The van der Waals surface area contributed by atoms with Crippen LogP contribution in [0.4, 0.5) is 0 Å². The van der Waals surface area contributed by atoms with Crippen molar-refractivity contribution in [3.05, 3.63) is 0 Å². The quantitative estimate of drug-likeness (QED) is 0.421. The molecule has 0 unspecified atom stereocenters. The van der Waals surface area contributed by atoms with Crippen molar-refractivity contribution in [2.24, 2.45) is 4.99 Å². The first-order valence-electron chi connectivity index (χ1n) is 3.61. The summed E-state index contributed by atoms with van der Waals surface area (Å²) in [5.41, 5.74) is -0.305. The van der Waals surface area contributed by atoms with Gasteiger partial charge in [-0.2, -0.15) is 0 Å². The van der Waals surface area contributed by atoms with E-state index in [0.29, 0.717) is 0 Å². The summed E-state index contributed by atoms with van der Waals surface area (Å²) >= 11 is 0. The Balaban J connectivity index is 4.48. The normalized spacial score (nSPS) is 10.4. The van der Waals surface area contributed by atoms with Crippen LogP contribution in [0.2, 0.25) is 0 Å². The molecule has 3 nitrogen and oxygen atoms in total. The third kappa shape index (κ3) is 3.31. The molecule has 0 aromatic carbocycles. The van der Waals surface area contributed by atoms with Crippen LogP contribution >= 0.6 is 0 Å². The number of carbonyl (C=O) groups excluding carboxylic acids is 1. The number of aliphatic imine (C=N–C) groups is 1. The Labute approximate surface area is 73.5 Å². The average Bonchev–Trinajstić information content (AvgIpc) is 2.00. The number of hydrogen-bond acceptors (Lipinski definition) is 2. The summed E-state index contributed by atoms with van der Waals surface area (Å²) in [5, 5.41) is 0. The van der Waals surface area contributed by atoms with Crippen LogP contribution in [0.5, 0.6) is 0 Å². The number of carbonyl (C=O) groups is 1. The van der Waals surface area contributed by atoms with Gasteiger partial charge in [-0.05, 0) is 40.6 Å². The lowest BCUT2D eigenvalue weighted by Gasteiger charge is -2.26. The van der Waals surface area contributed by atoms with E-state index in [-0.39, 0.29) is 5.54 Å². The molecule has 12 heavy (non-hydrogen) atoms. The lowest BCUT2D eigenvalue weighted by molar-refractivity contribution is -0.112. The topological polar surface area (TPSA) is 32.7 Å². The standard InChI is InChI=1S/C9H14N2O/c1-9(2,11(4)5)7-6-8(12)10-3/h3H2,1-2,4-5H3. The molecular weight excluding hydrogens is 152 g/mol. The maximum absolute atomic E-state index is 10.7. The van der Waals surface area contributed by atoms with Gasteiger partial charge < -0.3 is 0 Å². The molecule has 0 aliphatic heterocycles. The van der Waals surface area contributed by atoms with Crippen LogP contribution < -0.4 is 0 Å². The molecule has 1 amide bonds. The zero-order valence-corrected chi connectivity index (χ0v) is 8.01. The zero-order chi connectivity index (χ0) is 9.78. The summed E-state index contributed by atoms with van der Waals surface area (Å²) in [6.07, 6.45) is 0. The van der Waals surface area contributed by atoms with Crippen LogP contribution in [-0.2, 0) is 4.79 Å². The van der Waals surface area contributed by atoms with Crippen LogP contribution in [0.25, 0.3) is 0 Å². The summed E-state index contributed by atoms with van der Waals surface area (Å²) in [7, 11) is 3.81. The monoisotopic (exact) mass is 166 g/mol. The van der Waals surface area contributed by atoms with Crippen LogP contribution in [0.1, 0.15) is 13.8 Å². The molecule has 0 fully saturated rings. The van der Waals surface area contributed by atoms with Gasteiger partial charge in [0, 0.05) is 0 Å². The van der Waals surface area contributed by atoms with Crippen molar-refractivity contribution in [1.29, 1.82) is 0 Å². The molecule has 0 bridgehead atoms. The van der Waals surface area contributed by atoms with Crippen LogP contribution in [0.3, 0.4) is 0 Å². The summed E-state index contributed by atoms with van der Waals surface area (Å²) in [6.45, 7) is 6.94. The number of amides is 1. The van der Waals surface area contributed by atoms with Gasteiger partial charge in [-0.25, -0.2) is 4.99 Å². The molecule has 0 aromatic rings. The third-order valence-corrected chi connectivity index (χ3v) is 1.74. The van der Waals surface area contributed by atoms with Gasteiger partial charge in [-0.3, -0.25) is 9.69 Å². The molecule has 0 radical (unpaired) electrons. The smallest absolute Gasteiger partial charge is 0.294 e. The van der Waals surface area contributed by atoms with Gasteiger partial charge in [-0.15, -0.1) is 0 Å². The molecule has 0 spiro atoms. The van der Waals surface area contributed by atoms with E-state index in [1.165, 1.54) is 0 Å². The Morgan fingerprint density at radius 1 is 1.50 bits per heavy atom. The third-order valence-electron chi connectivity index (χ3n) is 1.74. The zero-order valence-electron chi connectivity index (χ0n) is 8.01. The Hall–Kier alpha value is -1.14. The van der Waals surface area contributed by atoms with Crippen molar-refractivity contribution in [2.75, 3.05) is 14.1 Å². The summed E-state index contributed by atoms with van der Waals surface area (Å²) < 4.78 is 0. The summed E-state index contributed by atoms with van der Waals surface area (Å²) in [5.74, 6) is 4.71. The maximum Gasteiger partial charge on any atom is 0.321 e. The van der Waals surface area contributed by atoms with E-state index >= 15 is 0 Å². The molecule has 0 heterocycles. The second-order valence-electron chi connectivity index (χ2n) is 3.17. The van der Waals surface area contributed by atoms with Gasteiger partial charge in [0.25, 0.3) is 0 Å². The van der Waals surface area contributed by atoms with Gasteiger partial charge in [0.15, 0.2) is 0 Å². The van der Waals surface area contributed by atoms with Gasteiger partial charge in [0.05, 0.1) is 5.54 Å². The maximum atomic E-state index is 10.7. The van der Waals surface area contributed by atoms with Gasteiger partial charge in [0.1, 0.15) is 0 Å². The first-order chi connectivity index (χ1) is 5.40. The number of nitrogens with zero attached hydrogens (tertiary/aromatic N) is 2. The van der Waals surface area contributed by atoms with Crippen LogP contribution in [0, 0.1) is 11.8 Å². The van der Waals surface area contributed by atoms with Crippen molar-refractivity contribution in [3.63, 3.8) is 0 Å². The lowest BCUT2D eigenvalue weighted by atomic mass is 10.1. The highest BCUT2D eigenvalue weighted by Crippen LogP contribution is 2.06. The Bertz CT molecular complexity index is 243. The van der Waals surface area contributed by atoms with E-state index in [4.69, 9.17) is 0 Å². The molecule has 0 aliphatic carbocycles. The first kappa shape index (κ1) is 10.9. The van der Waals surface area contributed by atoms with Crippen molar-refractivity contribution in [1.82, 2.24) is 4.90 Å².